The number of ether oxygens (including phenoxy) is 2. The van der Waals surface area contributed by atoms with Crippen LogP contribution >= 0.6 is 11.3 Å². The number of aromatic nitrogens is 3. The Kier molecular flexibility index (Phi) is 4.32. The highest BCUT2D eigenvalue weighted by atomic mass is 32.1. The third kappa shape index (κ3) is 2.84. The lowest BCUT2D eigenvalue weighted by atomic mass is 9.86. The minimum atomic E-state index is -0.372. The molecule has 2 aromatic heterocycles. The van der Waals surface area contributed by atoms with Crippen LogP contribution in [0.25, 0.3) is 5.70 Å². The van der Waals surface area contributed by atoms with E-state index < -0.39 is 0 Å². The summed E-state index contributed by atoms with van der Waals surface area (Å²) in [6, 6.07) is 19.3. The quantitative estimate of drug-likeness (QED) is 0.464. The van der Waals surface area contributed by atoms with Gasteiger partial charge in [-0.2, -0.15) is 10.1 Å². The Hall–Kier alpha value is -3.91. The summed E-state index contributed by atoms with van der Waals surface area (Å²) in [5, 5.41) is 10.1. The predicted molar refractivity (Wildman–Crippen MR) is 121 cm³/mol. The molecular weight excluding hydrogens is 424 g/mol. The van der Waals surface area contributed by atoms with E-state index >= 15 is 0 Å². The zero-order valence-electron chi connectivity index (χ0n) is 17.1. The molecule has 4 heterocycles. The number of carbonyl (C=O) groups excluding carboxylic acids is 1. The van der Waals surface area contributed by atoms with Crippen molar-refractivity contribution < 1.29 is 14.3 Å². The fourth-order valence-corrected chi connectivity index (χ4v) is 5.15. The fourth-order valence-electron chi connectivity index (χ4n) is 4.32. The lowest BCUT2D eigenvalue weighted by molar-refractivity contribution is 0.0600. The molecule has 6 rings (SSSR count). The first-order chi connectivity index (χ1) is 15.7. The number of carbonyl (C=O) groups is 1. The topological polar surface area (TPSA) is 78.3 Å². The Bertz CT molecular complexity index is 1340. The van der Waals surface area contributed by atoms with E-state index in [-0.39, 0.29) is 18.1 Å². The maximum absolute atomic E-state index is 11.9. The summed E-state index contributed by atoms with van der Waals surface area (Å²) in [4.78, 5) is 17.5. The third-order valence-electron chi connectivity index (χ3n) is 5.77. The minimum Gasteiger partial charge on any atom is -0.480 e. The molecular formula is C24H18N4O3S. The van der Waals surface area contributed by atoms with Crippen LogP contribution in [-0.4, -0.2) is 27.8 Å². The summed E-state index contributed by atoms with van der Waals surface area (Å²) in [7, 11) is 1.38. The van der Waals surface area contributed by atoms with Crippen LogP contribution in [0, 0.1) is 0 Å². The van der Waals surface area contributed by atoms with Gasteiger partial charge in [-0.1, -0.05) is 30.3 Å². The van der Waals surface area contributed by atoms with Crippen LogP contribution < -0.4 is 10.1 Å². The number of para-hydroxylation sites is 1. The first-order valence-electron chi connectivity index (χ1n) is 10.1. The highest BCUT2D eigenvalue weighted by Crippen LogP contribution is 2.51. The number of nitrogens with one attached hydrogen (secondary N) is 1. The van der Waals surface area contributed by atoms with Crippen LogP contribution in [0.1, 0.15) is 38.5 Å². The van der Waals surface area contributed by atoms with Crippen molar-refractivity contribution in [1.29, 1.82) is 0 Å². The van der Waals surface area contributed by atoms with Gasteiger partial charge in [-0.3, -0.25) is 0 Å². The normalized spacial score (nSPS) is 18.7. The van der Waals surface area contributed by atoms with E-state index in [4.69, 9.17) is 9.47 Å². The molecule has 2 unspecified atom stereocenters. The third-order valence-corrected chi connectivity index (χ3v) is 6.69. The molecule has 158 valence electrons. The van der Waals surface area contributed by atoms with Gasteiger partial charge in [-0.05, 0) is 41.3 Å². The molecule has 32 heavy (non-hydrogen) atoms. The number of hydrogen-bond acceptors (Lipinski definition) is 7. The number of thiophene rings is 1. The molecule has 7 nitrogen and oxygen atoms in total. The fraction of sp³-hybridized carbons (Fsp3) is 0.125. The van der Waals surface area contributed by atoms with Crippen LogP contribution in [-0.2, 0) is 4.74 Å². The molecule has 0 bridgehead atoms. The summed E-state index contributed by atoms with van der Waals surface area (Å²) in [5.41, 5.74) is 4.45. The Morgan fingerprint density at radius 2 is 1.97 bits per heavy atom. The average Bonchev–Trinajstić information content (AvgIpc) is 3.54. The maximum atomic E-state index is 11.9. The lowest BCUT2D eigenvalue weighted by Crippen LogP contribution is -2.32. The number of esters is 1. The van der Waals surface area contributed by atoms with E-state index in [9.17, 15) is 4.79 Å². The molecule has 8 heteroatoms. The molecule has 2 atom stereocenters. The first-order valence-corrected chi connectivity index (χ1v) is 11.0. The summed E-state index contributed by atoms with van der Waals surface area (Å²) in [5.74, 6) is 1.12. The maximum Gasteiger partial charge on any atom is 0.337 e. The van der Waals surface area contributed by atoms with Crippen molar-refractivity contribution in [2.24, 2.45) is 0 Å². The molecule has 0 fully saturated rings. The largest absolute Gasteiger partial charge is 0.480 e. The van der Waals surface area contributed by atoms with E-state index in [0.717, 1.165) is 33.0 Å². The number of anilines is 1. The van der Waals surface area contributed by atoms with Gasteiger partial charge in [0, 0.05) is 16.0 Å². The van der Waals surface area contributed by atoms with Crippen molar-refractivity contribution >= 4 is 29.0 Å². The summed E-state index contributed by atoms with van der Waals surface area (Å²) >= 11 is 1.67. The van der Waals surface area contributed by atoms with Gasteiger partial charge in [-0.25, -0.2) is 9.48 Å². The molecule has 0 aliphatic carbocycles. The molecule has 0 radical (unpaired) electrons. The molecule has 0 spiro atoms. The summed E-state index contributed by atoms with van der Waals surface area (Å²) in [6.07, 6.45) is 1.19. The van der Waals surface area contributed by atoms with Crippen LogP contribution in [0.5, 0.6) is 5.75 Å². The van der Waals surface area contributed by atoms with Gasteiger partial charge < -0.3 is 14.8 Å². The van der Waals surface area contributed by atoms with Crippen molar-refractivity contribution in [1.82, 2.24) is 14.8 Å². The summed E-state index contributed by atoms with van der Waals surface area (Å²) in [6.45, 7) is 0. The Morgan fingerprint density at radius 3 is 2.75 bits per heavy atom. The molecule has 2 aromatic carbocycles. The number of nitrogens with zero attached hydrogens (tertiary/aromatic N) is 3. The van der Waals surface area contributed by atoms with Crippen molar-refractivity contribution in [3.05, 3.63) is 99.5 Å². The van der Waals surface area contributed by atoms with E-state index in [1.807, 2.05) is 47.1 Å². The van der Waals surface area contributed by atoms with Gasteiger partial charge in [-0.15, -0.1) is 11.3 Å². The van der Waals surface area contributed by atoms with Gasteiger partial charge in [0.15, 0.2) is 0 Å². The molecule has 0 saturated heterocycles. The molecule has 1 N–H and O–H groups in total. The number of fused-ring (bicyclic) bond motifs is 3. The smallest absolute Gasteiger partial charge is 0.337 e. The van der Waals surface area contributed by atoms with Gasteiger partial charge in [0.1, 0.15) is 24.2 Å². The van der Waals surface area contributed by atoms with Gasteiger partial charge in [0.05, 0.1) is 18.4 Å². The monoisotopic (exact) mass is 442 g/mol. The second kappa shape index (κ2) is 7.35. The Labute approximate surface area is 187 Å². The van der Waals surface area contributed by atoms with Crippen molar-refractivity contribution in [3.63, 3.8) is 0 Å². The summed E-state index contributed by atoms with van der Waals surface area (Å²) < 4.78 is 13.3. The Morgan fingerprint density at radius 1 is 1.12 bits per heavy atom. The standard InChI is InChI=1S/C24H18N4O3S/c1-30-23(29)15-10-8-14(9-11-15)22-19-20(16-5-2-3-6-17(16)31-22)27-24-25-13-26-28(24)21(19)18-7-4-12-32-18/h2-13,21-22H,1H3,(H,25,26,27). The number of methoxy groups -OCH3 is 1. The van der Waals surface area contributed by atoms with E-state index in [2.05, 4.69) is 26.8 Å². The van der Waals surface area contributed by atoms with Gasteiger partial charge in [0.2, 0.25) is 5.95 Å². The van der Waals surface area contributed by atoms with Gasteiger partial charge >= 0.3 is 5.97 Å². The van der Waals surface area contributed by atoms with Crippen molar-refractivity contribution in [3.8, 4) is 5.75 Å². The second-order valence-corrected chi connectivity index (χ2v) is 8.49. The minimum absolute atomic E-state index is 0.164. The highest BCUT2D eigenvalue weighted by Gasteiger charge is 2.41. The SMILES string of the molecule is COC(=O)c1ccc(C2Oc3ccccc3C3=C2C(c2cccs2)n2ncnc2N3)cc1. The molecule has 0 saturated carbocycles. The van der Waals surface area contributed by atoms with Crippen LogP contribution in [0.2, 0.25) is 0 Å². The Balaban J connectivity index is 1.56. The molecule has 2 aliphatic rings. The second-order valence-electron chi connectivity index (χ2n) is 7.51. The highest BCUT2D eigenvalue weighted by molar-refractivity contribution is 7.10. The van der Waals surface area contributed by atoms with Crippen molar-refractivity contribution in [2.45, 2.75) is 12.1 Å². The predicted octanol–water partition coefficient (Wildman–Crippen LogP) is 4.69. The lowest BCUT2D eigenvalue weighted by Gasteiger charge is -2.38. The zero-order chi connectivity index (χ0) is 21.7. The van der Waals surface area contributed by atoms with E-state index in [0.29, 0.717) is 11.5 Å². The van der Waals surface area contributed by atoms with Crippen LogP contribution in [0.15, 0.2) is 77.9 Å². The number of hydrogen-bond donors (Lipinski definition) is 1. The van der Waals surface area contributed by atoms with E-state index in [1.54, 1.807) is 29.8 Å². The zero-order valence-corrected chi connectivity index (χ0v) is 17.9. The molecule has 4 aromatic rings. The van der Waals surface area contributed by atoms with Gasteiger partial charge in [0.25, 0.3) is 0 Å². The van der Waals surface area contributed by atoms with Crippen LogP contribution in [0.3, 0.4) is 0 Å². The van der Waals surface area contributed by atoms with Crippen molar-refractivity contribution in [2.75, 3.05) is 12.4 Å². The number of rotatable bonds is 3. The molecule has 0 amide bonds. The average molecular weight is 443 g/mol. The van der Waals surface area contributed by atoms with E-state index in [1.165, 1.54) is 7.11 Å². The first kappa shape index (κ1) is 18.8. The number of benzene rings is 2. The van der Waals surface area contributed by atoms with Crippen LogP contribution in [0.4, 0.5) is 5.95 Å². The molecule has 2 aliphatic heterocycles.